The highest BCUT2D eigenvalue weighted by molar-refractivity contribution is 7.89. The fourth-order valence-corrected chi connectivity index (χ4v) is 3.14. The molecule has 7 heteroatoms. The van der Waals surface area contributed by atoms with E-state index in [1.54, 1.807) is 17.9 Å². The van der Waals surface area contributed by atoms with Crippen LogP contribution in [0, 0.1) is 6.92 Å². The van der Waals surface area contributed by atoms with E-state index in [9.17, 15) is 13.2 Å². The van der Waals surface area contributed by atoms with Crippen LogP contribution in [-0.4, -0.2) is 56.8 Å². The van der Waals surface area contributed by atoms with E-state index in [0.29, 0.717) is 12.1 Å². The maximum absolute atomic E-state index is 12.7. The minimum absolute atomic E-state index is 0.0294. The molecule has 1 saturated heterocycles. The van der Waals surface area contributed by atoms with E-state index >= 15 is 0 Å². The van der Waals surface area contributed by atoms with Gasteiger partial charge in [-0.05, 0) is 38.6 Å². The normalized spacial score (nSPS) is 20.6. The maximum Gasteiger partial charge on any atom is 0.254 e. The summed E-state index contributed by atoms with van der Waals surface area (Å²) in [4.78, 5) is 16.6. The van der Waals surface area contributed by atoms with Gasteiger partial charge >= 0.3 is 0 Å². The fraction of sp³-hybridized carbons (Fsp3) is 0.500. The molecule has 1 aliphatic heterocycles. The molecule has 2 rings (SSSR count). The largest absolute Gasteiger partial charge is 0.333 e. The van der Waals surface area contributed by atoms with Crippen LogP contribution in [0.1, 0.15) is 22.8 Å². The Bertz CT molecular complexity index is 657. The molecule has 1 aromatic carbocycles. The van der Waals surface area contributed by atoms with E-state index in [2.05, 4.69) is 4.90 Å². The number of amides is 1. The number of rotatable bonds is 2. The zero-order chi connectivity index (χ0) is 15.8. The van der Waals surface area contributed by atoms with Crippen molar-refractivity contribution >= 4 is 15.9 Å². The first-order chi connectivity index (χ1) is 9.70. The van der Waals surface area contributed by atoms with Crippen molar-refractivity contribution < 1.29 is 13.2 Å². The number of primary sulfonamides is 1. The summed E-state index contributed by atoms with van der Waals surface area (Å²) in [5, 5.41) is 5.14. The fourth-order valence-electron chi connectivity index (χ4n) is 2.60. The van der Waals surface area contributed by atoms with Gasteiger partial charge < -0.3 is 9.80 Å². The van der Waals surface area contributed by atoms with Gasteiger partial charge in [0, 0.05) is 31.2 Å². The van der Waals surface area contributed by atoms with Crippen LogP contribution in [0.2, 0.25) is 0 Å². The van der Waals surface area contributed by atoms with Crippen LogP contribution in [0.3, 0.4) is 0 Å². The van der Waals surface area contributed by atoms with Gasteiger partial charge in [-0.2, -0.15) is 0 Å². The minimum atomic E-state index is -3.81. The Labute approximate surface area is 125 Å². The second-order valence-electron chi connectivity index (χ2n) is 5.63. The average Bonchev–Trinajstić information content (AvgIpc) is 2.37. The zero-order valence-corrected chi connectivity index (χ0v) is 13.4. The molecule has 1 amide bonds. The maximum atomic E-state index is 12.7. The monoisotopic (exact) mass is 311 g/mol. The van der Waals surface area contributed by atoms with Crippen molar-refractivity contribution in [2.24, 2.45) is 5.14 Å². The second-order valence-corrected chi connectivity index (χ2v) is 7.19. The Morgan fingerprint density at radius 3 is 2.57 bits per heavy atom. The van der Waals surface area contributed by atoms with Crippen molar-refractivity contribution in [3.63, 3.8) is 0 Å². The van der Waals surface area contributed by atoms with Gasteiger partial charge in [0.2, 0.25) is 10.0 Å². The highest BCUT2D eigenvalue weighted by atomic mass is 32.2. The lowest BCUT2D eigenvalue weighted by atomic mass is 10.1. The molecule has 0 bridgehead atoms. The van der Waals surface area contributed by atoms with E-state index in [4.69, 9.17) is 5.14 Å². The number of likely N-dealkylation sites (N-methyl/N-ethyl adjacent to an activating group) is 1. The number of carbonyl (C=O) groups is 1. The SMILES string of the molecule is Cc1ccc(S(N)(=O)=O)cc1C(=O)N1CCN(C)C[C@@H]1C. The quantitative estimate of drug-likeness (QED) is 0.858. The molecule has 6 nitrogen and oxygen atoms in total. The Morgan fingerprint density at radius 2 is 2.00 bits per heavy atom. The molecule has 2 N–H and O–H groups in total. The minimum Gasteiger partial charge on any atom is -0.333 e. The van der Waals surface area contributed by atoms with Gasteiger partial charge in [-0.3, -0.25) is 4.79 Å². The molecule has 1 aromatic rings. The number of carbonyl (C=O) groups excluding carboxylic acids is 1. The van der Waals surface area contributed by atoms with Crippen molar-refractivity contribution in [3.8, 4) is 0 Å². The van der Waals surface area contributed by atoms with Gasteiger partial charge in [0.15, 0.2) is 0 Å². The summed E-state index contributed by atoms with van der Waals surface area (Å²) >= 11 is 0. The number of sulfonamides is 1. The van der Waals surface area contributed by atoms with Crippen LogP contribution in [0.5, 0.6) is 0 Å². The smallest absolute Gasteiger partial charge is 0.254 e. The summed E-state index contributed by atoms with van der Waals surface area (Å²) in [7, 11) is -1.79. The van der Waals surface area contributed by atoms with Crippen molar-refractivity contribution in [2.45, 2.75) is 24.8 Å². The van der Waals surface area contributed by atoms with Gasteiger partial charge in [0.1, 0.15) is 0 Å². The molecule has 0 saturated carbocycles. The lowest BCUT2D eigenvalue weighted by molar-refractivity contribution is 0.0532. The molecule has 0 aromatic heterocycles. The van der Waals surface area contributed by atoms with E-state index in [1.807, 2.05) is 14.0 Å². The molecular formula is C14H21N3O3S. The Hall–Kier alpha value is -1.44. The molecule has 1 atom stereocenters. The van der Waals surface area contributed by atoms with Gasteiger partial charge in [0.25, 0.3) is 5.91 Å². The second kappa shape index (κ2) is 5.75. The van der Waals surface area contributed by atoms with Crippen LogP contribution in [0.25, 0.3) is 0 Å². The van der Waals surface area contributed by atoms with E-state index in [1.165, 1.54) is 12.1 Å². The number of hydrogen-bond acceptors (Lipinski definition) is 4. The Morgan fingerprint density at radius 1 is 1.33 bits per heavy atom. The molecular weight excluding hydrogens is 290 g/mol. The summed E-state index contributed by atoms with van der Waals surface area (Å²) in [6.07, 6.45) is 0. The zero-order valence-electron chi connectivity index (χ0n) is 12.5. The molecule has 0 unspecified atom stereocenters. The van der Waals surface area contributed by atoms with Gasteiger partial charge in [-0.15, -0.1) is 0 Å². The van der Waals surface area contributed by atoms with Crippen LogP contribution < -0.4 is 5.14 Å². The first-order valence-electron chi connectivity index (χ1n) is 6.83. The van der Waals surface area contributed by atoms with E-state index < -0.39 is 10.0 Å². The number of nitrogens with two attached hydrogens (primary N) is 1. The molecule has 0 aliphatic carbocycles. The van der Waals surface area contributed by atoms with Gasteiger partial charge in [0.05, 0.1) is 4.90 Å². The predicted octanol–water partition coefficient (Wildman–Crippen LogP) is 0.419. The number of benzene rings is 1. The average molecular weight is 311 g/mol. The summed E-state index contributed by atoms with van der Waals surface area (Å²) in [6.45, 7) is 6.03. The van der Waals surface area contributed by atoms with Crippen LogP contribution in [0.15, 0.2) is 23.1 Å². The summed E-state index contributed by atoms with van der Waals surface area (Å²) in [5.41, 5.74) is 1.15. The number of nitrogens with zero attached hydrogens (tertiary/aromatic N) is 2. The Kier molecular flexibility index (Phi) is 4.36. The number of hydrogen-bond donors (Lipinski definition) is 1. The Balaban J connectivity index is 2.35. The van der Waals surface area contributed by atoms with Gasteiger partial charge in [-0.25, -0.2) is 13.6 Å². The third kappa shape index (κ3) is 3.42. The van der Waals surface area contributed by atoms with E-state index in [0.717, 1.165) is 18.7 Å². The van der Waals surface area contributed by atoms with Crippen molar-refractivity contribution in [1.29, 1.82) is 0 Å². The van der Waals surface area contributed by atoms with Crippen LogP contribution >= 0.6 is 0 Å². The first kappa shape index (κ1) is 15.9. The van der Waals surface area contributed by atoms with Crippen molar-refractivity contribution in [1.82, 2.24) is 9.80 Å². The number of piperazine rings is 1. The topological polar surface area (TPSA) is 83.7 Å². The standard InChI is InChI=1S/C14H21N3O3S/c1-10-4-5-12(21(15,19)20)8-13(10)14(18)17-7-6-16(3)9-11(17)2/h4-5,8,11H,6-7,9H2,1-3H3,(H2,15,19,20)/t11-/m0/s1. The summed E-state index contributed by atoms with van der Waals surface area (Å²) in [6, 6.07) is 4.51. The molecule has 0 radical (unpaired) electrons. The van der Waals surface area contributed by atoms with Gasteiger partial charge in [-0.1, -0.05) is 6.07 Å². The molecule has 1 fully saturated rings. The highest BCUT2D eigenvalue weighted by Gasteiger charge is 2.27. The molecule has 116 valence electrons. The molecule has 1 heterocycles. The van der Waals surface area contributed by atoms with Crippen LogP contribution in [-0.2, 0) is 10.0 Å². The predicted molar refractivity (Wildman–Crippen MR) is 80.5 cm³/mol. The molecule has 0 spiro atoms. The first-order valence-corrected chi connectivity index (χ1v) is 8.37. The van der Waals surface area contributed by atoms with Crippen LogP contribution in [0.4, 0.5) is 0 Å². The highest BCUT2D eigenvalue weighted by Crippen LogP contribution is 2.19. The molecule has 21 heavy (non-hydrogen) atoms. The molecule has 1 aliphatic rings. The summed E-state index contributed by atoms with van der Waals surface area (Å²) in [5.74, 6) is -0.140. The number of aryl methyl sites for hydroxylation is 1. The lowest BCUT2D eigenvalue weighted by Crippen LogP contribution is -2.52. The lowest BCUT2D eigenvalue weighted by Gasteiger charge is -2.38. The van der Waals surface area contributed by atoms with E-state index in [-0.39, 0.29) is 16.8 Å². The third-order valence-corrected chi connectivity index (χ3v) is 4.77. The van der Waals surface area contributed by atoms with Crippen molar-refractivity contribution in [2.75, 3.05) is 26.7 Å². The summed E-state index contributed by atoms with van der Waals surface area (Å²) < 4.78 is 22.9. The van der Waals surface area contributed by atoms with Crippen molar-refractivity contribution in [3.05, 3.63) is 29.3 Å². The third-order valence-electron chi connectivity index (χ3n) is 3.86.